The van der Waals surface area contributed by atoms with Crippen LogP contribution >= 0.6 is 15.9 Å². The Morgan fingerprint density at radius 1 is 0.842 bits per heavy atom. The first-order chi connectivity index (χ1) is 9.09. The molecule has 0 bridgehead atoms. The van der Waals surface area contributed by atoms with Gasteiger partial charge in [0, 0.05) is 10.7 Å². The van der Waals surface area contributed by atoms with Crippen molar-refractivity contribution in [2.45, 2.75) is 24.6 Å². The van der Waals surface area contributed by atoms with Crippen molar-refractivity contribution >= 4 is 15.9 Å². The van der Waals surface area contributed by atoms with Gasteiger partial charge in [0.25, 0.3) is 0 Å². The van der Waals surface area contributed by atoms with Crippen LogP contribution in [0.5, 0.6) is 0 Å². The average Bonchev–Trinajstić information content (AvgIpc) is 2.42. The minimum Gasteiger partial charge on any atom is -0.207 e. The number of halogens is 2. The van der Waals surface area contributed by atoms with Crippen molar-refractivity contribution < 1.29 is 4.39 Å². The van der Waals surface area contributed by atoms with Gasteiger partial charge in [0.15, 0.2) is 0 Å². The van der Waals surface area contributed by atoms with E-state index in [1.165, 1.54) is 17.7 Å². The Labute approximate surface area is 122 Å². The summed E-state index contributed by atoms with van der Waals surface area (Å²) in [6.07, 6.45) is 0. The molecule has 2 rings (SSSR count). The molecule has 0 aromatic heterocycles. The summed E-state index contributed by atoms with van der Waals surface area (Å²) in [5.41, 5.74) is 2.40. The third kappa shape index (κ3) is 3.44. The van der Waals surface area contributed by atoms with Crippen LogP contribution in [0, 0.1) is 11.7 Å². The highest BCUT2D eigenvalue weighted by Crippen LogP contribution is 2.35. The number of rotatable bonds is 4. The summed E-state index contributed by atoms with van der Waals surface area (Å²) in [6.45, 7) is 4.39. The van der Waals surface area contributed by atoms with E-state index in [4.69, 9.17) is 0 Å². The number of hydrogen-bond donors (Lipinski definition) is 0. The van der Waals surface area contributed by atoms with Gasteiger partial charge in [0.1, 0.15) is 5.82 Å². The van der Waals surface area contributed by atoms with E-state index in [-0.39, 0.29) is 11.7 Å². The molecular weight excluding hydrogens is 303 g/mol. The minimum absolute atomic E-state index is 0.189. The van der Waals surface area contributed by atoms with Crippen LogP contribution in [0.4, 0.5) is 4.39 Å². The van der Waals surface area contributed by atoms with E-state index >= 15 is 0 Å². The third-order valence-corrected chi connectivity index (χ3v) is 4.93. The van der Waals surface area contributed by atoms with Crippen LogP contribution in [0.1, 0.15) is 30.9 Å². The molecule has 0 nitrogen and oxygen atoms in total. The molecule has 0 radical (unpaired) electrons. The van der Waals surface area contributed by atoms with Gasteiger partial charge in [0.05, 0.1) is 0 Å². The lowest BCUT2D eigenvalue weighted by molar-refractivity contribution is 0.566. The van der Waals surface area contributed by atoms with Crippen molar-refractivity contribution in [1.29, 1.82) is 0 Å². The maximum Gasteiger partial charge on any atom is 0.123 e. The zero-order valence-electron chi connectivity index (χ0n) is 11.2. The van der Waals surface area contributed by atoms with Crippen LogP contribution < -0.4 is 0 Å². The van der Waals surface area contributed by atoms with Gasteiger partial charge in [-0.2, -0.15) is 0 Å². The van der Waals surface area contributed by atoms with Crippen molar-refractivity contribution in [3.05, 3.63) is 71.5 Å². The quantitative estimate of drug-likeness (QED) is 0.664. The zero-order valence-corrected chi connectivity index (χ0v) is 12.8. The summed E-state index contributed by atoms with van der Waals surface area (Å²) in [7, 11) is 0. The van der Waals surface area contributed by atoms with Gasteiger partial charge in [-0.1, -0.05) is 72.2 Å². The Morgan fingerprint density at radius 2 is 1.37 bits per heavy atom. The van der Waals surface area contributed by atoms with Crippen LogP contribution in [-0.4, -0.2) is 4.83 Å². The van der Waals surface area contributed by atoms with Gasteiger partial charge in [-0.05, 0) is 29.2 Å². The highest BCUT2D eigenvalue weighted by molar-refractivity contribution is 9.09. The average molecular weight is 321 g/mol. The molecular formula is C17H18BrF. The second kappa shape index (κ2) is 6.33. The molecule has 0 amide bonds. The van der Waals surface area contributed by atoms with E-state index in [1.807, 2.05) is 30.3 Å². The van der Waals surface area contributed by atoms with Crippen molar-refractivity contribution in [1.82, 2.24) is 0 Å². The fraction of sp³-hybridized carbons (Fsp3) is 0.294. The molecule has 2 atom stereocenters. The Hall–Kier alpha value is -1.15. The van der Waals surface area contributed by atoms with Crippen molar-refractivity contribution in [2.75, 3.05) is 0 Å². The second-order valence-corrected chi connectivity index (χ2v) is 6.19. The molecule has 0 N–H and O–H groups in total. The lowest BCUT2D eigenvalue weighted by atomic mass is 9.84. The molecule has 0 aliphatic carbocycles. The molecule has 0 aliphatic heterocycles. The third-order valence-electron chi connectivity index (χ3n) is 3.34. The standard InChI is InChI=1S/C17H18BrF/c1-12(2)17(18)16(13-6-4-3-5-7-13)14-8-10-15(19)11-9-14/h3-12,16-17H,1-2H3. The minimum atomic E-state index is -0.189. The van der Waals surface area contributed by atoms with Gasteiger partial charge in [-0.3, -0.25) is 0 Å². The molecule has 0 saturated carbocycles. The molecule has 2 unspecified atom stereocenters. The van der Waals surface area contributed by atoms with E-state index in [2.05, 4.69) is 41.9 Å². The van der Waals surface area contributed by atoms with E-state index in [1.54, 1.807) is 0 Å². The van der Waals surface area contributed by atoms with Crippen LogP contribution in [0.25, 0.3) is 0 Å². The molecule has 0 fully saturated rings. The van der Waals surface area contributed by atoms with Gasteiger partial charge >= 0.3 is 0 Å². The SMILES string of the molecule is CC(C)C(Br)C(c1ccccc1)c1ccc(F)cc1. The second-order valence-electron chi connectivity index (χ2n) is 5.13. The van der Waals surface area contributed by atoms with E-state index in [9.17, 15) is 4.39 Å². The van der Waals surface area contributed by atoms with Gasteiger partial charge in [0.2, 0.25) is 0 Å². The Morgan fingerprint density at radius 3 is 1.89 bits per heavy atom. The van der Waals surface area contributed by atoms with E-state index in [0.717, 1.165) is 5.56 Å². The van der Waals surface area contributed by atoms with Crippen LogP contribution in [-0.2, 0) is 0 Å². The first-order valence-corrected chi connectivity index (χ1v) is 7.45. The largest absolute Gasteiger partial charge is 0.207 e. The maximum atomic E-state index is 13.1. The van der Waals surface area contributed by atoms with E-state index < -0.39 is 0 Å². The van der Waals surface area contributed by atoms with E-state index in [0.29, 0.717) is 10.7 Å². The molecule has 2 aromatic rings. The molecule has 19 heavy (non-hydrogen) atoms. The number of alkyl halides is 1. The smallest absolute Gasteiger partial charge is 0.123 e. The topological polar surface area (TPSA) is 0 Å². The Balaban J connectivity index is 2.43. The van der Waals surface area contributed by atoms with Crippen molar-refractivity contribution in [3.63, 3.8) is 0 Å². The Kier molecular flexibility index (Phi) is 4.76. The summed E-state index contributed by atoms with van der Waals surface area (Å²) in [6, 6.07) is 17.2. The normalized spacial score (nSPS) is 14.4. The number of benzene rings is 2. The summed E-state index contributed by atoms with van der Waals surface area (Å²) in [5.74, 6) is 0.545. The summed E-state index contributed by atoms with van der Waals surface area (Å²) in [4.78, 5) is 0.320. The zero-order chi connectivity index (χ0) is 13.8. The lowest BCUT2D eigenvalue weighted by Gasteiger charge is -2.26. The monoisotopic (exact) mass is 320 g/mol. The predicted molar refractivity (Wildman–Crippen MR) is 82.2 cm³/mol. The van der Waals surface area contributed by atoms with Crippen molar-refractivity contribution in [3.8, 4) is 0 Å². The highest BCUT2D eigenvalue weighted by atomic mass is 79.9. The molecule has 2 heteroatoms. The van der Waals surface area contributed by atoms with Gasteiger partial charge < -0.3 is 0 Å². The highest BCUT2D eigenvalue weighted by Gasteiger charge is 2.25. The van der Waals surface area contributed by atoms with Crippen LogP contribution in [0.15, 0.2) is 54.6 Å². The summed E-state index contributed by atoms with van der Waals surface area (Å²) < 4.78 is 13.1. The molecule has 0 saturated heterocycles. The lowest BCUT2D eigenvalue weighted by Crippen LogP contribution is -2.19. The molecule has 100 valence electrons. The first-order valence-electron chi connectivity index (χ1n) is 6.54. The fourth-order valence-electron chi connectivity index (χ4n) is 2.28. The number of hydrogen-bond acceptors (Lipinski definition) is 0. The van der Waals surface area contributed by atoms with Gasteiger partial charge in [-0.25, -0.2) is 4.39 Å². The Bertz CT molecular complexity index is 505. The summed E-state index contributed by atoms with van der Waals surface area (Å²) in [5, 5.41) is 0. The first kappa shape index (κ1) is 14.3. The van der Waals surface area contributed by atoms with Crippen LogP contribution in [0.3, 0.4) is 0 Å². The summed E-state index contributed by atoms with van der Waals surface area (Å²) >= 11 is 3.81. The molecule has 0 aliphatic rings. The van der Waals surface area contributed by atoms with Crippen molar-refractivity contribution in [2.24, 2.45) is 5.92 Å². The molecule has 0 spiro atoms. The fourth-order valence-corrected chi connectivity index (χ4v) is 2.89. The molecule has 0 heterocycles. The maximum absolute atomic E-state index is 13.1. The van der Waals surface area contributed by atoms with Crippen LogP contribution in [0.2, 0.25) is 0 Å². The van der Waals surface area contributed by atoms with Gasteiger partial charge in [-0.15, -0.1) is 0 Å². The molecule has 2 aromatic carbocycles. The predicted octanol–water partition coefficient (Wildman–Crippen LogP) is 5.38.